The number of hydrogen-bond acceptors (Lipinski definition) is 5. The van der Waals surface area contributed by atoms with E-state index >= 15 is 0 Å². The van der Waals surface area contributed by atoms with Crippen molar-refractivity contribution in [3.05, 3.63) is 46.4 Å². The highest BCUT2D eigenvalue weighted by molar-refractivity contribution is 6.33. The van der Waals surface area contributed by atoms with Gasteiger partial charge in [0.15, 0.2) is 0 Å². The predicted octanol–water partition coefficient (Wildman–Crippen LogP) is 2.96. The molecule has 1 aliphatic rings. The number of amides is 1. The van der Waals surface area contributed by atoms with Gasteiger partial charge in [-0.3, -0.25) is 4.79 Å². The first-order valence-electron chi connectivity index (χ1n) is 7.77. The van der Waals surface area contributed by atoms with Crippen molar-refractivity contribution < 1.29 is 9.53 Å². The molecule has 2 heterocycles. The van der Waals surface area contributed by atoms with Crippen molar-refractivity contribution in [1.29, 1.82) is 0 Å². The molecule has 0 spiro atoms. The van der Waals surface area contributed by atoms with Crippen LogP contribution in [0.1, 0.15) is 21.6 Å². The zero-order valence-electron chi connectivity index (χ0n) is 13.7. The largest absolute Gasteiger partial charge is 0.378 e. The summed E-state index contributed by atoms with van der Waals surface area (Å²) in [6.45, 7) is 6.25. The minimum atomic E-state index is -0.123. The molecule has 1 amide bonds. The fourth-order valence-electron chi connectivity index (χ4n) is 2.63. The number of aryl methyl sites for hydroxylation is 2. The quantitative estimate of drug-likeness (QED) is 0.925. The van der Waals surface area contributed by atoms with Crippen LogP contribution < -0.4 is 5.32 Å². The maximum atomic E-state index is 12.3. The fraction of sp³-hybridized carbons (Fsp3) is 0.353. The lowest BCUT2D eigenvalue weighted by molar-refractivity contribution is 0.0298. The zero-order valence-corrected chi connectivity index (χ0v) is 14.4. The molecule has 1 aromatic carbocycles. The van der Waals surface area contributed by atoms with Gasteiger partial charge < -0.3 is 15.0 Å². The van der Waals surface area contributed by atoms with Crippen LogP contribution in [0, 0.1) is 13.8 Å². The number of halogens is 1. The first-order valence-corrected chi connectivity index (χ1v) is 8.15. The molecule has 0 aliphatic carbocycles. The van der Waals surface area contributed by atoms with Crippen molar-refractivity contribution >= 4 is 29.0 Å². The van der Waals surface area contributed by atoms with Crippen LogP contribution in [0.4, 0.5) is 11.5 Å². The molecule has 0 unspecified atom stereocenters. The Morgan fingerprint density at radius 1 is 1.21 bits per heavy atom. The summed E-state index contributed by atoms with van der Waals surface area (Å²) >= 11 is 6.28. The van der Waals surface area contributed by atoms with Gasteiger partial charge in [0, 0.05) is 13.1 Å². The summed E-state index contributed by atoms with van der Waals surface area (Å²) in [7, 11) is 0. The Labute approximate surface area is 145 Å². The minimum Gasteiger partial charge on any atom is -0.378 e. The van der Waals surface area contributed by atoms with Gasteiger partial charge in [-0.25, -0.2) is 9.97 Å². The number of nitrogens with zero attached hydrogens (tertiary/aromatic N) is 3. The Balaban J connectivity index is 1.74. The standard InChI is InChI=1S/C17H19ClN4O2/c1-11-7-12(2)16(13(18)8-11)21-15-10-19-14(9-20-15)17(23)22-3-5-24-6-4-22/h7-10H,3-6H2,1-2H3,(H,20,21). The first-order chi connectivity index (χ1) is 11.5. The molecule has 1 saturated heterocycles. The van der Waals surface area contributed by atoms with Crippen LogP contribution in [0.15, 0.2) is 24.5 Å². The first kappa shape index (κ1) is 16.7. The third-order valence-electron chi connectivity index (χ3n) is 3.85. The third kappa shape index (κ3) is 3.66. The number of hydrogen-bond donors (Lipinski definition) is 1. The Hall–Kier alpha value is -2.18. The van der Waals surface area contributed by atoms with E-state index in [2.05, 4.69) is 15.3 Å². The molecule has 6 nitrogen and oxygen atoms in total. The van der Waals surface area contributed by atoms with Crippen LogP contribution in [0.2, 0.25) is 5.02 Å². The Bertz CT molecular complexity index is 720. The van der Waals surface area contributed by atoms with E-state index in [9.17, 15) is 4.79 Å². The second-order valence-corrected chi connectivity index (χ2v) is 6.16. The van der Waals surface area contributed by atoms with Gasteiger partial charge in [-0.05, 0) is 31.0 Å². The molecule has 1 N–H and O–H groups in total. The van der Waals surface area contributed by atoms with Crippen LogP contribution in [-0.2, 0) is 4.74 Å². The Kier molecular flexibility index (Phi) is 4.97. The highest BCUT2D eigenvalue weighted by atomic mass is 35.5. The van der Waals surface area contributed by atoms with Crippen LogP contribution in [0.25, 0.3) is 0 Å². The van der Waals surface area contributed by atoms with Crippen LogP contribution in [0.5, 0.6) is 0 Å². The number of rotatable bonds is 3. The molecule has 24 heavy (non-hydrogen) atoms. The Morgan fingerprint density at radius 2 is 1.96 bits per heavy atom. The summed E-state index contributed by atoms with van der Waals surface area (Å²) in [6.07, 6.45) is 3.03. The molecule has 1 aliphatic heterocycles. The topological polar surface area (TPSA) is 67.4 Å². The smallest absolute Gasteiger partial charge is 0.274 e. The summed E-state index contributed by atoms with van der Waals surface area (Å²) in [5, 5.41) is 3.79. The monoisotopic (exact) mass is 346 g/mol. The summed E-state index contributed by atoms with van der Waals surface area (Å²) in [6, 6.07) is 3.93. The van der Waals surface area contributed by atoms with Crippen molar-refractivity contribution in [1.82, 2.24) is 14.9 Å². The normalized spacial score (nSPS) is 14.5. The highest BCUT2D eigenvalue weighted by Gasteiger charge is 2.20. The number of carbonyl (C=O) groups is 1. The van der Waals surface area contributed by atoms with Gasteiger partial charge in [0.25, 0.3) is 5.91 Å². The summed E-state index contributed by atoms with van der Waals surface area (Å²) in [5.41, 5.74) is 3.24. The van der Waals surface area contributed by atoms with Gasteiger partial charge >= 0.3 is 0 Å². The van der Waals surface area contributed by atoms with Gasteiger partial charge in [0.1, 0.15) is 11.5 Å². The summed E-state index contributed by atoms with van der Waals surface area (Å²) in [4.78, 5) is 22.6. The average molecular weight is 347 g/mol. The fourth-order valence-corrected chi connectivity index (χ4v) is 3.00. The molecule has 0 bridgehead atoms. The number of nitrogens with one attached hydrogen (secondary N) is 1. The van der Waals surface area contributed by atoms with E-state index < -0.39 is 0 Å². The van der Waals surface area contributed by atoms with Gasteiger partial charge in [-0.1, -0.05) is 17.7 Å². The van der Waals surface area contributed by atoms with Crippen molar-refractivity contribution in [2.75, 3.05) is 31.6 Å². The van der Waals surface area contributed by atoms with Crippen LogP contribution in [-0.4, -0.2) is 47.1 Å². The molecular formula is C17H19ClN4O2. The molecule has 126 valence electrons. The minimum absolute atomic E-state index is 0.123. The maximum absolute atomic E-state index is 12.3. The van der Waals surface area contributed by atoms with Crippen molar-refractivity contribution in [2.45, 2.75) is 13.8 Å². The number of anilines is 2. The van der Waals surface area contributed by atoms with Crippen molar-refractivity contribution in [2.24, 2.45) is 0 Å². The molecule has 0 saturated carbocycles. The van der Waals surface area contributed by atoms with E-state index in [0.717, 1.165) is 16.8 Å². The molecular weight excluding hydrogens is 328 g/mol. The molecule has 1 fully saturated rings. The van der Waals surface area contributed by atoms with Crippen molar-refractivity contribution in [3.63, 3.8) is 0 Å². The van der Waals surface area contributed by atoms with Crippen LogP contribution in [0.3, 0.4) is 0 Å². The Morgan fingerprint density at radius 3 is 2.58 bits per heavy atom. The van der Waals surface area contributed by atoms with Gasteiger partial charge in [-0.15, -0.1) is 0 Å². The van der Waals surface area contributed by atoms with Crippen LogP contribution >= 0.6 is 11.6 Å². The number of aromatic nitrogens is 2. The lowest BCUT2D eigenvalue weighted by Gasteiger charge is -2.26. The maximum Gasteiger partial charge on any atom is 0.274 e. The SMILES string of the molecule is Cc1cc(C)c(Nc2cnc(C(=O)N3CCOCC3)cn2)c(Cl)c1. The molecule has 0 radical (unpaired) electrons. The predicted molar refractivity (Wildman–Crippen MR) is 93.0 cm³/mol. The van der Waals surface area contributed by atoms with E-state index in [-0.39, 0.29) is 5.91 Å². The van der Waals surface area contributed by atoms with Gasteiger partial charge in [0.2, 0.25) is 0 Å². The molecule has 2 aromatic rings. The second kappa shape index (κ2) is 7.15. The highest BCUT2D eigenvalue weighted by Crippen LogP contribution is 2.29. The van der Waals surface area contributed by atoms with E-state index in [1.54, 1.807) is 11.1 Å². The molecule has 3 rings (SSSR count). The number of ether oxygens (including phenoxy) is 1. The zero-order chi connectivity index (χ0) is 17.1. The number of morpholine rings is 1. The number of benzene rings is 1. The molecule has 1 aromatic heterocycles. The summed E-state index contributed by atoms with van der Waals surface area (Å²) in [5.74, 6) is 0.421. The lowest BCUT2D eigenvalue weighted by atomic mass is 10.1. The average Bonchev–Trinajstić information content (AvgIpc) is 2.59. The van der Waals surface area contributed by atoms with E-state index in [4.69, 9.17) is 16.3 Å². The van der Waals surface area contributed by atoms with E-state index in [1.165, 1.54) is 6.20 Å². The van der Waals surface area contributed by atoms with Crippen molar-refractivity contribution in [3.8, 4) is 0 Å². The lowest BCUT2D eigenvalue weighted by Crippen LogP contribution is -2.41. The van der Waals surface area contributed by atoms with E-state index in [0.29, 0.717) is 42.8 Å². The summed E-state index contributed by atoms with van der Waals surface area (Å²) < 4.78 is 5.25. The van der Waals surface area contributed by atoms with E-state index in [1.807, 2.05) is 26.0 Å². The molecule has 0 atom stereocenters. The third-order valence-corrected chi connectivity index (χ3v) is 4.15. The second-order valence-electron chi connectivity index (χ2n) is 5.76. The molecule has 7 heteroatoms. The van der Waals surface area contributed by atoms with Gasteiger partial charge in [0.05, 0.1) is 36.3 Å². The van der Waals surface area contributed by atoms with Gasteiger partial charge in [-0.2, -0.15) is 0 Å². The number of carbonyl (C=O) groups excluding carboxylic acids is 1.